The summed E-state index contributed by atoms with van der Waals surface area (Å²) < 4.78 is 0. The Bertz CT molecular complexity index is 361. The lowest BCUT2D eigenvalue weighted by Gasteiger charge is -2.26. The van der Waals surface area contributed by atoms with Gasteiger partial charge in [-0.25, -0.2) is 0 Å². The summed E-state index contributed by atoms with van der Waals surface area (Å²) >= 11 is 0. The van der Waals surface area contributed by atoms with Crippen LogP contribution in [-0.2, 0) is 0 Å². The first-order valence-electron chi connectivity index (χ1n) is 5.37. The Balaban J connectivity index is 3.01. The Morgan fingerprint density at radius 2 is 1.00 bits per heavy atom. The third-order valence-corrected chi connectivity index (χ3v) is 3.16. The Morgan fingerprint density at radius 1 is 0.625 bits per heavy atom. The van der Waals surface area contributed by atoms with Crippen LogP contribution < -0.4 is 0 Å². The highest BCUT2D eigenvalue weighted by molar-refractivity contribution is 5.12. The van der Waals surface area contributed by atoms with Gasteiger partial charge in [-0.05, 0) is 12.8 Å². The topological polar surface area (TPSA) is 95.2 Å². The first kappa shape index (κ1) is 12.0. The molecule has 1 saturated carbocycles. The van der Waals surface area contributed by atoms with Crippen LogP contribution in [0.25, 0.3) is 0 Å². The molecule has 0 amide bonds. The molecule has 0 aromatic rings. The quantitative estimate of drug-likeness (QED) is 0.614. The van der Waals surface area contributed by atoms with Crippen molar-refractivity contribution < 1.29 is 0 Å². The van der Waals surface area contributed by atoms with Crippen molar-refractivity contribution in [3.8, 4) is 24.3 Å². The molecule has 0 N–H and O–H groups in total. The summed E-state index contributed by atoms with van der Waals surface area (Å²) in [7, 11) is 0. The molecule has 4 unspecified atom stereocenters. The third-order valence-electron chi connectivity index (χ3n) is 3.16. The van der Waals surface area contributed by atoms with Crippen molar-refractivity contribution in [2.75, 3.05) is 0 Å². The van der Waals surface area contributed by atoms with E-state index in [-0.39, 0.29) is 0 Å². The average molecular weight is 212 g/mol. The maximum Gasteiger partial charge on any atom is 0.0792 e. The summed E-state index contributed by atoms with van der Waals surface area (Å²) in [5, 5.41) is 36.1. The zero-order valence-electron chi connectivity index (χ0n) is 8.93. The zero-order chi connectivity index (χ0) is 12.0. The summed E-state index contributed by atoms with van der Waals surface area (Å²) in [5.41, 5.74) is 0. The second-order valence-corrected chi connectivity index (χ2v) is 4.07. The fourth-order valence-electron chi connectivity index (χ4n) is 2.22. The summed E-state index contributed by atoms with van der Waals surface area (Å²) in [6.45, 7) is 0. The van der Waals surface area contributed by atoms with E-state index >= 15 is 0 Å². The smallest absolute Gasteiger partial charge is 0.0792 e. The first-order valence-corrected chi connectivity index (χ1v) is 5.37. The molecule has 1 rings (SSSR count). The van der Waals surface area contributed by atoms with Gasteiger partial charge in [0.15, 0.2) is 0 Å². The molecule has 0 aliphatic heterocycles. The van der Waals surface area contributed by atoms with E-state index in [1.54, 1.807) is 0 Å². The maximum atomic E-state index is 9.06. The Labute approximate surface area is 95.3 Å². The van der Waals surface area contributed by atoms with Gasteiger partial charge in [0.2, 0.25) is 0 Å². The largest absolute Gasteiger partial charge is 0.198 e. The molecule has 4 atom stereocenters. The zero-order valence-corrected chi connectivity index (χ0v) is 8.93. The number of rotatable bonds is 0. The van der Waals surface area contributed by atoms with Gasteiger partial charge in [-0.1, -0.05) is 12.8 Å². The van der Waals surface area contributed by atoms with Crippen molar-refractivity contribution in [2.24, 2.45) is 23.7 Å². The molecular weight excluding hydrogens is 200 g/mol. The monoisotopic (exact) mass is 212 g/mol. The molecule has 1 aliphatic carbocycles. The number of hydrogen-bond acceptors (Lipinski definition) is 4. The van der Waals surface area contributed by atoms with Crippen LogP contribution in [0.3, 0.4) is 0 Å². The van der Waals surface area contributed by atoms with Crippen LogP contribution in [0.15, 0.2) is 0 Å². The molecule has 0 aromatic heterocycles. The molecule has 80 valence electrons. The van der Waals surface area contributed by atoms with E-state index in [0.29, 0.717) is 12.8 Å². The molecule has 0 radical (unpaired) electrons. The highest BCUT2D eigenvalue weighted by Crippen LogP contribution is 2.34. The Hall–Kier alpha value is -2.04. The van der Waals surface area contributed by atoms with E-state index < -0.39 is 23.7 Å². The molecule has 4 nitrogen and oxygen atoms in total. The van der Waals surface area contributed by atoms with Crippen molar-refractivity contribution in [1.82, 2.24) is 0 Å². The molecule has 0 aromatic carbocycles. The van der Waals surface area contributed by atoms with Gasteiger partial charge < -0.3 is 0 Å². The van der Waals surface area contributed by atoms with Crippen LogP contribution in [0.5, 0.6) is 0 Å². The minimum atomic E-state index is -0.625. The fraction of sp³-hybridized carbons (Fsp3) is 0.667. The Kier molecular flexibility index (Phi) is 4.32. The summed E-state index contributed by atoms with van der Waals surface area (Å²) in [6.07, 6.45) is 3.02. The van der Waals surface area contributed by atoms with Crippen molar-refractivity contribution in [3.05, 3.63) is 0 Å². The van der Waals surface area contributed by atoms with Crippen LogP contribution in [0, 0.1) is 69.0 Å². The third kappa shape index (κ3) is 2.31. The van der Waals surface area contributed by atoms with Crippen LogP contribution in [0.4, 0.5) is 0 Å². The van der Waals surface area contributed by atoms with Crippen LogP contribution >= 0.6 is 0 Å². The molecule has 1 aliphatic rings. The molecule has 1 fully saturated rings. The fourth-order valence-corrected chi connectivity index (χ4v) is 2.22. The molecule has 0 heterocycles. The van der Waals surface area contributed by atoms with Gasteiger partial charge in [-0.15, -0.1) is 0 Å². The van der Waals surface area contributed by atoms with E-state index in [0.717, 1.165) is 12.8 Å². The van der Waals surface area contributed by atoms with Crippen molar-refractivity contribution in [2.45, 2.75) is 25.7 Å². The number of hydrogen-bond donors (Lipinski definition) is 0. The maximum absolute atomic E-state index is 9.06. The van der Waals surface area contributed by atoms with Gasteiger partial charge in [0.1, 0.15) is 0 Å². The van der Waals surface area contributed by atoms with E-state index in [1.807, 2.05) is 12.1 Å². The lowest BCUT2D eigenvalue weighted by molar-refractivity contribution is 0.275. The molecule has 16 heavy (non-hydrogen) atoms. The van der Waals surface area contributed by atoms with E-state index in [2.05, 4.69) is 12.1 Å². The standard InChI is InChI=1S/C12H12N4/c13-5-9-3-1-2-4-10(6-14)12(8-16)11(9)7-15/h9-12H,1-4H2. The van der Waals surface area contributed by atoms with Gasteiger partial charge >= 0.3 is 0 Å². The lowest BCUT2D eigenvalue weighted by atomic mass is 9.72. The summed E-state index contributed by atoms with van der Waals surface area (Å²) in [4.78, 5) is 0. The van der Waals surface area contributed by atoms with Crippen molar-refractivity contribution >= 4 is 0 Å². The molecule has 0 bridgehead atoms. The van der Waals surface area contributed by atoms with E-state index in [4.69, 9.17) is 21.0 Å². The van der Waals surface area contributed by atoms with Crippen molar-refractivity contribution in [1.29, 1.82) is 21.0 Å². The van der Waals surface area contributed by atoms with Crippen LogP contribution in [0.1, 0.15) is 25.7 Å². The number of nitriles is 4. The summed E-state index contributed by atoms with van der Waals surface area (Å²) in [6, 6.07) is 8.28. The normalized spacial score (nSPS) is 34.2. The molecular formula is C12H12N4. The van der Waals surface area contributed by atoms with E-state index in [1.165, 1.54) is 0 Å². The van der Waals surface area contributed by atoms with Crippen LogP contribution in [-0.4, -0.2) is 0 Å². The summed E-state index contributed by atoms with van der Waals surface area (Å²) in [5.74, 6) is -2.07. The van der Waals surface area contributed by atoms with Crippen molar-refractivity contribution in [3.63, 3.8) is 0 Å². The lowest BCUT2D eigenvalue weighted by Crippen LogP contribution is -2.28. The Morgan fingerprint density at radius 3 is 1.25 bits per heavy atom. The van der Waals surface area contributed by atoms with Gasteiger partial charge in [0.25, 0.3) is 0 Å². The highest BCUT2D eigenvalue weighted by Gasteiger charge is 2.36. The van der Waals surface area contributed by atoms with Gasteiger partial charge in [0.05, 0.1) is 47.9 Å². The van der Waals surface area contributed by atoms with Gasteiger partial charge in [-0.3, -0.25) is 0 Å². The predicted molar refractivity (Wildman–Crippen MR) is 54.9 cm³/mol. The second-order valence-electron chi connectivity index (χ2n) is 4.07. The molecule has 0 spiro atoms. The van der Waals surface area contributed by atoms with E-state index in [9.17, 15) is 0 Å². The molecule has 0 saturated heterocycles. The number of nitrogens with zero attached hydrogens (tertiary/aromatic N) is 4. The van der Waals surface area contributed by atoms with Gasteiger partial charge in [-0.2, -0.15) is 21.0 Å². The first-order chi connectivity index (χ1) is 7.78. The van der Waals surface area contributed by atoms with Crippen LogP contribution in [0.2, 0.25) is 0 Å². The minimum absolute atomic E-state index is 0.411. The average Bonchev–Trinajstić information content (AvgIpc) is 2.30. The van der Waals surface area contributed by atoms with Gasteiger partial charge in [0, 0.05) is 0 Å². The second kappa shape index (κ2) is 5.75. The predicted octanol–water partition coefficient (Wildman–Crippen LogP) is 2.12. The molecule has 4 heteroatoms. The minimum Gasteiger partial charge on any atom is -0.198 e. The highest BCUT2D eigenvalue weighted by atomic mass is 14.4. The SMILES string of the molecule is N#CC1CCCCC(C#N)C(C#N)C1C#N.